The van der Waals surface area contributed by atoms with Gasteiger partial charge in [0.1, 0.15) is 55.6 Å². The molecule has 0 aromatic heterocycles. The summed E-state index contributed by atoms with van der Waals surface area (Å²) in [6.45, 7) is 4.80. The molecule has 0 aromatic carbocycles. The number of nitrogens with zero attached hydrogens (tertiary/aromatic N) is 2. The van der Waals surface area contributed by atoms with Crippen LogP contribution < -0.4 is 49.5 Å². The van der Waals surface area contributed by atoms with Gasteiger partial charge in [0, 0.05) is 68.5 Å². The fourth-order valence-electron chi connectivity index (χ4n) is 9.52. The molecule has 526 valence electrons. The van der Waals surface area contributed by atoms with Crippen molar-refractivity contribution in [3.05, 3.63) is 0 Å². The Hall–Kier alpha value is -9.41. The largest absolute Gasteiger partial charge is 0.481 e. The number of likely N-dealkylation sites (tertiary alicyclic amines) is 1. The minimum atomic E-state index is -2.07. The van der Waals surface area contributed by atoms with Gasteiger partial charge in [-0.15, -0.1) is 0 Å². The van der Waals surface area contributed by atoms with Crippen molar-refractivity contribution >= 4 is 101 Å². The summed E-state index contributed by atoms with van der Waals surface area (Å²) in [4.78, 5) is 210. The van der Waals surface area contributed by atoms with Crippen LogP contribution in [0.5, 0.6) is 0 Å². The van der Waals surface area contributed by atoms with E-state index in [4.69, 9.17) is 79.8 Å². The number of carbonyl (C=O) groups is 16. The van der Waals surface area contributed by atoms with Crippen LogP contribution in [0, 0.1) is 0 Å². The number of aliphatic carboxylic acids is 1. The first-order valence-electron chi connectivity index (χ1n) is 28.9. The number of ether oxygens (including phenoxy) is 12. The number of carboxylic acid groups (broad SMARTS) is 1. The summed E-state index contributed by atoms with van der Waals surface area (Å²) in [5.41, 5.74) is 22.6. The Labute approximate surface area is 536 Å². The van der Waals surface area contributed by atoms with E-state index < -0.39 is 232 Å². The molecule has 16 atom stereocenters. The van der Waals surface area contributed by atoms with Crippen molar-refractivity contribution in [2.75, 3.05) is 46.0 Å². The van der Waals surface area contributed by atoms with Crippen molar-refractivity contribution in [2.24, 2.45) is 27.9 Å². The summed E-state index contributed by atoms with van der Waals surface area (Å²) in [5, 5.41) is 21.1. The second-order valence-corrected chi connectivity index (χ2v) is 21.2. The average Bonchev–Trinajstić information content (AvgIpc) is 0.917. The van der Waals surface area contributed by atoms with Gasteiger partial charge in [-0.2, -0.15) is 0 Å². The predicted octanol–water partition coefficient (Wildman–Crippen LogP) is -7.41. The Morgan fingerprint density at radius 1 is 0.564 bits per heavy atom. The third-order valence-electron chi connectivity index (χ3n) is 13.4. The molecule has 0 aliphatic carbocycles. The topological polar surface area (TPSA) is 584 Å². The molecule has 0 saturated carbocycles. The van der Waals surface area contributed by atoms with E-state index in [2.05, 4.69) is 31.6 Å². The van der Waals surface area contributed by atoms with Gasteiger partial charge in [-0.1, -0.05) is 0 Å². The number of amides is 7. The number of primary amides is 1. The van der Waals surface area contributed by atoms with E-state index >= 15 is 0 Å². The number of esters is 8. The van der Waals surface area contributed by atoms with E-state index in [9.17, 15) is 81.8 Å². The van der Waals surface area contributed by atoms with E-state index in [0.717, 1.165) is 60.3 Å². The number of nitrogens with one attached hydrogen (secondary N) is 5. The lowest BCUT2D eigenvalue weighted by molar-refractivity contribution is -0.316. The molecule has 3 aliphatic rings. The van der Waals surface area contributed by atoms with Gasteiger partial charge < -0.3 is 116 Å². The number of carboxylic acids is 1. The summed E-state index contributed by atoms with van der Waals surface area (Å²) < 4.78 is 66.0. The normalized spacial score (nSPS) is 23.8. The Morgan fingerprint density at radius 2 is 1.01 bits per heavy atom. The second-order valence-electron chi connectivity index (χ2n) is 21.2. The van der Waals surface area contributed by atoms with Crippen LogP contribution in [0.25, 0.3) is 0 Å². The summed E-state index contributed by atoms with van der Waals surface area (Å²) in [7, 11) is 0. The second kappa shape index (κ2) is 37.9. The maximum Gasteiger partial charge on any atom is 0.305 e. The molecule has 7 amide bonds. The van der Waals surface area contributed by atoms with Crippen molar-refractivity contribution < 1.29 is 139 Å². The number of guanidine groups is 1. The van der Waals surface area contributed by atoms with Crippen LogP contribution in [-0.2, 0) is 134 Å². The third-order valence-corrected chi connectivity index (χ3v) is 13.4. The SMILES string of the molecule is CC(=O)OC[C@H]1O[C@@H](OC[C@H](NC(=O)[C@H](CC(=O)O)NC(=O)CNC(=O)[C@H](CCCN=C(N)N)NC(=O)CNC(=O)[C@@H](N)[C@@H](C)O[C@@H]2O[C@H](COC(C)=O)[C@@H](OC(C)=O)[C@H](OC(C)=O)[C@H]2OC(C)=O)C(=O)N2CCC[C@H]2C(N)=O)[C@H](OC(C)=O)[C@@H](OC(C)=O)[C@@H]1OC(C)=O. The molecule has 40 heteroatoms. The molecule has 3 fully saturated rings. The number of rotatable bonds is 34. The zero-order chi connectivity index (χ0) is 70.8. The zero-order valence-corrected chi connectivity index (χ0v) is 52.8. The lowest BCUT2D eigenvalue weighted by Crippen LogP contribution is -2.64. The zero-order valence-electron chi connectivity index (χ0n) is 52.8. The lowest BCUT2D eigenvalue weighted by Gasteiger charge is -2.44. The van der Waals surface area contributed by atoms with Gasteiger partial charge in [0.25, 0.3) is 0 Å². The van der Waals surface area contributed by atoms with E-state index in [1.54, 1.807) is 0 Å². The first-order chi connectivity index (χ1) is 44.0. The molecule has 0 bridgehead atoms. The standard InChI is InChI=1S/C54H81N11O29/c1-22(86-53-46(92-30(9)73)44(90-28(7)71)42(88-26(5)69)36(94-53)21-84-24(3)67)40(55)50(81)61-18-37(74)62-31(12-10-14-59-54(57)58)48(79)60-17-38(75)63-32(16-39(76)77)49(80)64-33(51(82)65-15-11-13-34(65)47(56)78)19-85-52-45(91-29(8)72)43(89-27(6)70)41(87-25(4)68)35(93-52)20-83-23(2)66/h22,31-36,40-46,52-53H,10-21,55H2,1-9H3,(H2,56,78)(H,60,79)(H,61,81)(H,62,74)(H,63,75)(H,64,80)(H,76,77)(H4,57,58,59)/t22-,31+,32+,33+,34+,35-,36-,40+,41-,42-,43+,44+,45-,46-,52-,53-/m1/s1. The van der Waals surface area contributed by atoms with Gasteiger partial charge in [0.2, 0.25) is 41.4 Å². The molecule has 0 radical (unpaired) electrons. The van der Waals surface area contributed by atoms with Gasteiger partial charge in [0.05, 0.1) is 32.2 Å². The van der Waals surface area contributed by atoms with Crippen LogP contribution in [0.3, 0.4) is 0 Å². The quantitative estimate of drug-likeness (QED) is 0.00941. The third kappa shape index (κ3) is 26.3. The van der Waals surface area contributed by atoms with Crippen molar-refractivity contribution in [1.82, 2.24) is 31.5 Å². The number of carbonyl (C=O) groups excluding carboxylic acids is 15. The molecule has 14 N–H and O–H groups in total. The monoisotopic (exact) mass is 1350 g/mol. The molecule has 0 spiro atoms. The minimum absolute atomic E-state index is 0.00356. The van der Waals surface area contributed by atoms with Crippen LogP contribution in [0.1, 0.15) is 94.4 Å². The van der Waals surface area contributed by atoms with E-state index in [-0.39, 0.29) is 44.7 Å². The number of nitrogens with two attached hydrogens (primary N) is 4. The van der Waals surface area contributed by atoms with E-state index in [0.29, 0.717) is 0 Å². The predicted molar refractivity (Wildman–Crippen MR) is 306 cm³/mol. The Balaban J connectivity index is 1.84. The van der Waals surface area contributed by atoms with Gasteiger partial charge >= 0.3 is 53.7 Å². The molecule has 0 unspecified atom stereocenters. The lowest BCUT2D eigenvalue weighted by atomic mass is 9.98. The summed E-state index contributed by atoms with van der Waals surface area (Å²) in [6, 6.07) is -8.47. The Kier molecular flexibility index (Phi) is 31.8. The van der Waals surface area contributed by atoms with Gasteiger partial charge in [-0.05, 0) is 32.6 Å². The van der Waals surface area contributed by atoms with Crippen LogP contribution in [-0.4, -0.2) is 255 Å². The molecular formula is C54H81N11O29. The first kappa shape index (κ1) is 78.8. The molecule has 3 heterocycles. The van der Waals surface area contributed by atoms with Crippen molar-refractivity contribution in [1.29, 1.82) is 0 Å². The fourth-order valence-corrected chi connectivity index (χ4v) is 9.52. The molecular weight excluding hydrogens is 1270 g/mol. The summed E-state index contributed by atoms with van der Waals surface area (Å²) in [5.74, 6) is -17.2. The van der Waals surface area contributed by atoms with Gasteiger partial charge in [-0.3, -0.25) is 81.7 Å². The number of aliphatic imine (C=N–C) groups is 1. The summed E-state index contributed by atoms with van der Waals surface area (Å²) >= 11 is 0. The Bertz CT molecular complexity index is 2820. The highest BCUT2D eigenvalue weighted by Gasteiger charge is 2.55. The van der Waals surface area contributed by atoms with E-state index in [1.165, 1.54) is 6.92 Å². The maximum atomic E-state index is 14.3. The fraction of sp³-hybridized carbons (Fsp3) is 0.685. The molecule has 0 aromatic rings. The van der Waals surface area contributed by atoms with Crippen molar-refractivity contribution in [3.8, 4) is 0 Å². The molecule has 94 heavy (non-hydrogen) atoms. The molecule has 40 nitrogen and oxygen atoms in total. The number of hydrogen-bond acceptors (Lipinski definition) is 30. The van der Waals surface area contributed by atoms with Crippen molar-refractivity contribution in [3.63, 3.8) is 0 Å². The highest BCUT2D eigenvalue weighted by atomic mass is 16.8. The summed E-state index contributed by atoms with van der Waals surface area (Å²) in [6.07, 6.45) is -19.2. The number of hydrogen-bond donors (Lipinski definition) is 10. The average molecular weight is 1350 g/mol. The van der Waals surface area contributed by atoms with Gasteiger partial charge in [0.15, 0.2) is 55.2 Å². The highest BCUT2D eigenvalue weighted by Crippen LogP contribution is 2.32. The molecule has 3 aliphatic heterocycles. The Morgan fingerprint density at radius 3 is 1.47 bits per heavy atom. The van der Waals surface area contributed by atoms with Crippen LogP contribution in [0.15, 0.2) is 4.99 Å². The minimum Gasteiger partial charge on any atom is -0.481 e. The smallest absolute Gasteiger partial charge is 0.305 e. The van der Waals surface area contributed by atoms with Gasteiger partial charge in [-0.25, -0.2) is 0 Å². The van der Waals surface area contributed by atoms with Crippen LogP contribution in [0.2, 0.25) is 0 Å². The van der Waals surface area contributed by atoms with E-state index in [1.807, 2.05) is 0 Å². The molecule has 3 rings (SSSR count). The first-order valence-corrected chi connectivity index (χ1v) is 28.9. The highest BCUT2D eigenvalue weighted by molar-refractivity contribution is 5.97. The van der Waals surface area contributed by atoms with Crippen LogP contribution in [0.4, 0.5) is 0 Å². The van der Waals surface area contributed by atoms with Crippen molar-refractivity contribution in [2.45, 2.75) is 192 Å². The maximum absolute atomic E-state index is 14.3. The molecule has 3 saturated heterocycles. The van der Waals surface area contributed by atoms with Crippen LogP contribution >= 0.6 is 0 Å².